The number of ether oxygens (including phenoxy) is 1. The van der Waals surface area contributed by atoms with Crippen molar-refractivity contribution in [2.75, 3.05) is 11.5 Å². The van der Waals surface area contributed by atoms with Crippen LogP contribution in [0.15, 0.2) is 48.5 Å². The van der Waals surface area contributed by atoms with Gasteiger partial charge in [-0.25, -0.2) is 0 Å². The van der Waals surface area contributed by atoms with E-state index in [1.54, 1.807) is 11.8 Å². The number of anilines is 1. The smallest absolute Gasteiger partial charge is 0.224 e. The fourth-order valence-corrected chi connectivity index (χ4v) is 4.25. The van der Waals surface area contributed by atoms with E-state index in [4.69, 9.17) is 4.74 Å². The van der Waals surface area contributed by atoms with Crippen LogP contribution in [0.1, 0.15) is 102 Å². The van der Waals surface area contributed by atoms with Crippen LogP contribution in [0.25, 0.3) is 0 Å². The van der Waals surface area contributed by atoms with Gasteiger partial charge < -0.3 is 14.7 Å². The minimum Gasteiger partial charge on any atom is -0.494 e. The maximum atomic E-state index is 12.2. The molecule has 0 aliphatic rings. The van der Waals surface area contributed by atoms with Crippen LogP contribution in [-0.2, 0) is 17.9 Å². The van der Waals surface area contributed by atoms with Crippen molar-refractivity contribution in [1.29, 1.82) is 0 Å². The zero-order chi connectivity index (χ0) is 24.4. The van der Waals surface area contributed by atoms with Crippen LogP contribution in [0.4, 0.5) is 5.69 Å². The molecule has 2 aromatic rings. The Labute approximate surface area is 207 Å². The van der Waals surface area contributed by atoms with E-state index in [-0.39, 0.29) is 12.5 Å². The number of carbonyl (C=O) groups is 1. The van der Waals surface area contributed by atoms with Gasteiger partial charge in [-0.15, -0.1) is 0 Å². The maximum absolute atomic E-state index is 12.2. The number of aliphatic hydroxyl groups is 1. The summed E-state index contributed by atoms with van der Waals surface area (Å²) in [6, 6.07) is 15.5. The molecule has 0 aromatic heterocycles. The molecular weight excluding hydrogens is 422 g/mol. The number of nitrogens with zero attached hydrogens (tertiary/aromatic N) is 1. The Morgan fingerprint density at radius 3 is 1.91 bits per heavy atom. The van der Waals surface area contributed by atoms with E-state index in [2.05, 4.69) is 6.92 Å². The lowest BCUT2D eigenvalue weighted by atomic mass is 10.1. The van der Waals surface area contributed by atoms with Crippen molar-refractivity contribution in [3.8, 4) is 5.75 Å². The average Bonchev–Trinajstić information content (AvgIpc) is 2.86. The second kappa shape index (κ2) is 17.2. The van der Waals surface area contributed by atoms with Crippen molar-refractivity contribution in [2.45, 2.75) is 104 Å². The average molecular weight is 468 g/mol. The summed E-state index contributed by atoms with van der Waals surface area (Å²) in [7, 11) is 0. The molecule has 4 nitrogen and oxygen atoms in total. The van der Waals surface area contributed by atoms with E-state index >= 15 is 0 Å². The Bertz CT molecular complexity index is 803. The summed E-state index contributed by atoms with van der Waals surface area (Å²) in [5.74, 6) is 0.831. The van der Waals surface area contributed by atoms with Gasteiger partial charge in [0.2, 0.25) is 5.91 Å². The van der Waals surface area contributed by atoms with Crippen molar-refractivity contribution >= 4 is 11.6 Å². The quantitative estimate of drug-likeness (QED) is 0.227. The standard InChI is InChI=1S/C30H45NO3/c1-3-4-5-6-7-8-9-10-11-12-13-14-22-34-30-20-18-29(19-21-30)31(26(2)33)24-27-16-15-17-28(23-27)25-32/h15-21,23,32H,3-14,22,24-25H2,1-2H3. The van der Waals surface area contributed by atoms with E-state index in [1.807, 2.05) is 48.5 Å². The van der Waals surface area contributed by atoms with Crippen molar-refractivity contribution < 1.29 is 14.6 Å². The second-order valence-corrected chi connectivity index (χ2v) is 9.31. The summed E-state index contributed by atoms with van der Waals surface area (Å²) < 4.78 is 5.91. The summed E-state index contributed by atoms with van der Waals surface area (Å²) in [5.41, 5.74) is 2.69. The highest BCUT2D eigenvalue weighted by Crippen LogP contribution is 2.22. The Balaban J connectivity index is 1.63. The van der Waals surface area contributed by atoms with Crippen molar-refractivity contribution in [2.24, 2.45) is 0 Å². The van der Waals surface area contributed by atoms with E-state index in [9.17, 15) is 9.90 Å². The molecule has 0 saturated heterocycles. The van der Waals surface area contributed by atoms with Crippen molar-refractivity contribution in [1.82, 2.24) is 0 Å². The molecule has 2 rings (SSSR count). The molecule has 0 heterocycles. The SMILES string of the molecule is CCCCCCCCCCCCCCOc1ccc(N(Cc2cccc(CO)c2)C(C)=O)cc1. The molecule has 4 heteroatoms. The van der Waals surface area contributed by atoms with Crippen LogP contribution in [0.3, 0.4) is 0 Å². The van der Waals surface area contributed by atoms with Crippen LogP contribution in [0.2, 0.25) is 0 Å². The number of unbranched alkanes of at least 4 members (excludes halogenated alkanes) is 11. The van der Waals surface area contributed by atoms with E-state index in [0.29, 0.717) is 6.54 Å². The highest BCUT2D eigenvalue weighted by molar-refractivity contribution is 5.91. The Morgan fingerprint density at radius 1 is 0.794 bits per heavy atom. The summed E-state index contributed by atoms with van der Waals surface area (Å²) in [6.45, 7) is 5.06. The minimum atomic E-state index is -0.0143. The van der Waals surface area contributed by atoms with Gasteiger partial charge in [0.15, 0.2) is 0 Å². The van der Waals surface area contributed by atoms with Gasteiger partial charge in [-0.05, 0) is 41.8 Å². The van der Waals surface area contributed by atoms with Crippen LogP contribution in [0, 0.1) is 0 Å². The lowest BCUT2D eigenvalue weighted by molar-refractivity contribution is -0.116. The van der Waals surface area contributed by atoms with Gasteiger partial charge in [0.25, 0.3) is 0 Å². The summed E-state index contributed by atoms with van der Waals surface area (Å²) in [5, 5.41) is 9.35. The van der Waals surface area contributed by atoms with Gasteiger partial charge in [0.1, 0.15) is 5.75 Å². The second-order valence-electron chi connectivity index (χ2n) is 9.31. The molecule has 0 aliphatic carbocycles. The molecule has 2 aromatic carbocycles. The molecule has 0 unspecified atom stereocenters. The molecule has 34 heavy (non-hydrogen) atoms. The van der Waals surface area contributed by atoms with Gasteiger partial charge >= 0.3 is 0 Å². The van der Waals surface area contributed by atoms with Crippen molar-refractivity contribution in [3.05, 3.63) is 59.7 Å². The number of hydrogen-bond acceptors (Lipinski definition) is 3. The highest BCUT2D eigenvalue weighted by atomic mass is 16.5. The summed E-state index contributed by atoms with van der Waals surface area (Å²) >= 11 is 0. The third-order valence-corrected chi connectivity index (χ3v) is 6.31. The lowest BCUT2D eigenvalue weighted by Crippen LogP contribution is -2.27. The molecule has 0 spiro atoms. The molecular formula is C30H45NO3. The number of carbonyl (C=O) groups excluding carboxylic acids is 1. The fraction of sp³-hybridized carbons (Fsp3) is 0.567. The maximum Gasteiger partial charge on any atom is 0.224 e. The molecule has 0 fully saturated rings. The van der Waals surface area contributed by atoms with Crippen LogP contribution in [0.5, 0.6) is 5.75 Å². The highest BCUT2D eigenvalue weighted by Gasteiger charge is 2.12. The van der Waals surface area contributed by atoms with Gasteiger partial charge in [-0.3, -0.25) is 4.79 Å². The number of rotatable bonds is 18. The van der Waals surface area contributed by atoms with Crippen LogP contribution in [-0.4, -0.2) is 17.6 Å². The van der Waals surface area contributed by atoms with Gasteiger partial charge in [0, 0.05) is 12.6 Å². The zero-order valence-corrected chi connectivity index (χ0v) is 21.4. The van der Waals surface area contributed by atoms with Gasteiger partial charge in [0.05, 0.1) is 19.8 Å². The fourth-order valence-electron chi connectivity index (χ4n) is 4.25. The van der Waals surface area contributed by atoms with E-state index < -0.39 is 0 Å². The first-order valence-electron chi connectivity index (χ1n) is 13.3. The molecule has 1 amide bonds. The predicted molar refractivity (Wildman–Crippen MR) is 142 cm³/mol. The largest absolute Gasteiger partial charge is 0.494 e. The molecule has 0 aliphatic heterocycles. The first-order valence-corrected chi connectivity index (χ1v) is 13.3. The van der Waals surface area contributed by atoms with E-state index in [1.165, 1.54) is 70.6 Å². The Morgan fingerprint density at radius 2 is 1.35 bits per heavy atom. The molecule has 1 N–H and O–H groups in total. The third-order valence-electron chi connectivity index (χ3n) is 6.31. The zero-order valence-electron chi connectivity index (χ0n) is 21.4. The monoisotopic (exact) mass is 467 g/mol. The van der Waals surface area contributed by atoms with E-state index in [0.717, 1.165) is 35.6 Å². The predicted octanol–water partition coefficient (Wildman–Crippen LogP) is 7.81. The number of amides is 1. The molecule has 188 valence electrons. The van der Waals surface area contributed by atoms with Crippen molar-refractivity contribution in [3.63, 3.8) is 0 Å². The summed E-state index contributed by atoms with van der Waals surface area (Å²) in [4.78, 5) is 14.0. The molecule has 0 atom stereocenters. The van der Waals surface area contributed by atoms with Crippen LogP contribution < -0.4 is 9.64 Å². The third kappa shape index (κ3) is 11.2. The van der Waals surface area contributed by atoms with Gasteiger partial charge in [-0.2, -0.15) is 0 Å². The lowest BCUT2D eigenvalue weighted by Gasteiger charge is -2.22. The first-order chi connectivity index (χ1) is 16.6. The minimum absolute atomic E-state index is 0.000852. The molecule has 0 bridgehead atoms. The number of benzene rings is 2. The summed E-state index contributed by atoms with van der Waals surface area (Å²) in [6.07, 6.45) is 16.1. The molecule has 0 saturated carbocycles. The molecule has 0 radical (unpaired) electrons. The first kappa shape index (κ1) is 27.9. The van der Waals surface area contributed by atoms with Gasteiger partial charge in [-0.1, -0.05) is 102 Å². The Hall–Kier alpha value is -2.33. The number of hydrogen-bond donors (Lipinski definition) is 1. The number of aliphatic hydroxyl groups excluding tert-OH is 1. The topological polar surface area (TPSA) is 49.8 Å². The van der Waals surface area contributed by atoms with Crippen LogP contribution >= 0.6 is 0 Å². The Kier molecular flexibility index (Phi) is 14.1. The normalized spacial score (nSPS) is 10.9.